The number of carbonyl (C=O) groups excluding carboxylic acids is 1. The fourth-order valence-electron chi connectivity index (χ4n) is 2.13. The fraction of sp³-hybridized carbons (Fsp3) is 0.105. The maximum absolute atomic E-state index is 12.3. The molecule has 4 nitrogen and oxygen atoms in total. The number of rotatable bonds is 6. The van der Waals surface area contributed by atoms with Crippen molar-refractivity contribution in [3.63, 3.8) is 0 Å². The molecule has 0 aliphatic carbocycles. The number of methoxy groups -OCH3 is 1. The first-order valence-electron chi connectivity index (χ1n) is 7.55. The van der Waals surface area contributed by atoms with Gasteiger partial charge >= 0.3 is 0 Å². The third-order valence-corrected chi connectivity index (χ3v) is 4.67. The molecule has 0 spiro atoms. The number of hydrogen-bond acceptors (Lipinski definition) is 4. The Bertz CT molecular complexity index is 844. The standard InChI is InChI=1S/C19H16ClNO3S/c1-23-16-8-4-15(5-9-16)21-19(22)18-10-13(12-25-18)11-24-17-6-2-14(20)3-7-17/h2-10,12H,11H2,1H3,(H,21,22). The number of carbonyl (C=O) groups is 1. The van der Waals surface area contributed by atoms with Gasteiger partial charge in [0, 0.05) is 16.3 Å². The van der Waals surface area contributed by atoms with E-state index >= 15 is 0 Å². The van der Waals surface area contributed by atoms with Crippen LogP contribution in [0.15, 0.2) is 60.0 Å². The summed E-state index contributed by atoms with van der Waals surface area (Å²) in [5.41, 5.74) is 1.66. The maximum Gasteiger partial charge on any atom is 0.265 e. The molecule has 1 amide bonds. The van der Waals surface area contributed by atoms with Crippen LogP contribution in [0.2, 0.25) is 5.02 Å². The number of amides is 1. The number of nitrogens with one attached hydrogen (secondary N) is 1. The molecular formula is C19H16ClNO3S. The third-order valence-electron chi connectivity index (χ3n) is 3.44. The maximum atomic E-state index is 12.3. The number of hydrogen-bond donors (Lipinski definition) is 1. The van der Waals surface area contributed by atoms with Gasteiger partial charge in [0.25, 0.3) is 5.91 Å². The lowest BCUT2D eigenvalue weighted by Gasteiger charge is -2.05. The SMILES string of the molecule is COc1ccc(NC(=O)c2cc(COc3ccc(Cl)cc3)cs2)cc1. The molecule has 128 valence electrons. The van der Waals surface area contributed by atoms with Gasteiger partial charge in [-0.15, -0.1) is 11.3 Å². The molecule has 3 rings (SSSR count). The second kappa shape index (κ2) is 8.05. The van der Waals surface area contributed by atoms with Crippen molar-refractivity contribution in [2.24, 2.45) is 0 Å². The molecule has 0 unspecified atom stereocenters. The summed E-state index contributed by atoms with van der Waals surface area (Å²) < 4.78 is 10.8. The number of thiophene rings is 1. The molecule has 0 atom stereocenters. The van der Waals surface area contributed by atoms with Crippen molar-refractivity contribution < 1.29 is 14.3 Å². The van der Waals surface area contributed by atoms with Crippen molar-refractivity contribution in [1.82, 2.24) is 0 Å². The van der Waals surface area contributed by atoms with Crippen LogP contribution in [0.3, 0.4) is 0 Å². The molecule has 6 heteroatoms. The molecule has 0 aliphatic heterocycles. The van der Waals surface area contributed by atoms with Crippen LogP contribution in [0, 0.1) is 0 Å². The van der Waals surface area contributed by atoms with Gasteiger partial charge in [-0.05, 0) is 60.0 Å². The number of halogens is 1. The van der Waals surface area contributed by atoms with Gasteiger partial charge in [-0.1, -0.05) is 11.6 Å². The number of anilines is 1. The van der Waals surface area contributed by atoms with Gasteiger partial charge in [0.05, 0.1) is 12.0 Å². The zero-order valence-corrected chi connectivity index (χ0v) is 15.1. The summed E-state index contributed by atoms with van der Waals surface area (Å²) >= 11 is 7.23. The van der Waals surface area contributed by atoms with Crippen molar-refractivity contribution in [3.05, 3.63) is 75.4 Å². The summed E-state index contributed by atoms with van der Waals surface area (Å²) in [5.74, 6) is 1.34. The average molecular weight is 374 g/mol. The predicted octanol–water partition coefficient (Wildman–Crippen LogP) is 5.24. The minimum Gasteiger partial charge on any atom is -0.497 e. The van der Waals surface area contributed by atoms with Gasteiger partial charge < -0.3 is 14.8 Å². The van der Waals surface area contributed by atoms with Crippen molar-refractivity contribution in [1.29, 1.82) is 0 Å². The van der Waals surface area contributed by atoms with Crippen molar-refractivity contribution in [2.45, 2.75) is 6.61 Å². The highest BCUT2D eigenvalue weighted by Crippen LogP contribution is 2.21. The van der Waals surface area contributed by atoms with E-state index in [1.54, 1.807) is 43.5 Å². The van der Waals surface area contributed by atoms with Gasteiger partial charge in [0.2, 0.25) is 0 Å². The van der Waals surface area contributed by atoms with Gasteiger partial charge in [-0.3, -0.25) is 4.79 Å². The Hall–Kier alpha value is -2.50. The molecule has 0 saturated carbocycles. The minimum atomic E-state index is -0.145. The highest BCUT2D eigenvalue weighted by molar-refractivity contribution is 7.12. The van der Waals surface area contributed by atoms with Gasteiger partial charge in [-0.25, -0.2) is 0 Å². The summed E-state index contributed by atoms with van der Waals surface area (Å²) in [4.78, 5) is 12.9. The van der Waals surface area contributed by atoms with Crippen LogP contribution in [-0.4, -0.2) is 13.0 Å². The van der Waals surface area contributed by atoms with E-state index < -0.39 is 0 Å². The second-order valence-electron chi connectivity index (χ2n) is 5.24. The molecule has 1 heterocycles. The summed E-state index contributed by atoms with van der Waals surface area (Å²) in [6.45, 7) is 0.397. The van der Waals surface area contributed by atoms with Crippen LogP contribution in [-0.2, 0) is 6.61 Å². The monoisotopic (exact) mass is 373 g/mol. The van der Waals surface area contributed by atoms with Gasteiger partial charge in [-0.2, -0.15) is 0 Å². The van der Waals surface area contributed by atoms with Crippen molar-refractivity contribution in [3.8, 4) is 11.5 Å². The van der Waals surface area contributed by atoms with Crippen LogP contribution in [0.1, 0.15) is 15.2 Å². The second-order valence-corrected chi connectivity index (χ2v) is 6.59. The Morgan fingerprint density at radius 2 is 1.76 bits per heavy atom. The van der Waals surface area contributed by atoms with Crippen molar-refractivity contribution >= 4 is 34.5 Å². The van der Waals surface area contributed by atoms with Crippen LogP contribution < -0.4 is 14.8 Å². The molecule has 0 aliphatic rings. The Balaban J connectivity index is 1.58. The Morgan fingerprint density at radius 3 is 2.44 bits per heavy atom. The Morgan fingerprint density at radius 1 is 1.08 bits per heavy atom. The summed E-state index contributed by atoms with van der Waals surface area (Å²) in [5, 5.41) is 5.45. The van der Waals surface area contributed by atoms with Gasteiger partial charge in [0.1, 0.15) is 18.1 Å². The van der Waals surface area contributed by atoms with Crippen molar-refractivity contribution in [2.75, 3.05) is 12.4 Å². The quantitative estimate of drug-likeness (QED) is 0.642. The molecule has 0 radical (unpaired) electrons. The van der Waals surface area contributed by atoms with E-state index in [1.165, 1.54) is 11.3 Å². The normalized spacial score (nSPS) is 10.3. The first-order valence-corrected chi connectivity index (χ1v) is 8.81. The van der Waals surface area contributed by atoms with Crippen LogP contribution in [0.4, 0.5) is 5.69 Å². The van der Waals surface area contributed by atoms with Crippen LogP contribution >= 0.6 is 22.9 Å². The zero-order valence-electron chi connectivity index (χ0n) is 13.5. The molecule has 1 N–H and O–H groups in total. The zero-order chi connectivity index (χ0) is 17.6. The fourth-order valence-corrected chi connectivity index (χ4v) is 3.05. The molecule has 0 saturated heterocycles. The lowest BCUT2D eigenvalue weighted by Crippen LogP contribution is -2.10. The highest BCUT2D eigenvalue weighted by atomic mass is 35.5. The van der Waals surface area contributed by atoms with E-state index in [4.69, 9.17) is 21.1 Å². The molecule has 0 fully saturated rings. The van der Waals surface area contributed by atoms with E-state index in [0.29, 0.717) is 16.5 Å². The Labute approximate surface area is 155 Å². The minimum absolute atomic E-state index is 0.145. The topological polar surface area (TPSA) is 47.6 Å². The lowest BCUT2D eigenvalue weighted by molar-refractivity contribution is 0.103. The van der Waals surface area contributed by atoms with E-state index in [2.05, 4.69) is 5.32 Å². The smallest absolute Gasteiger partial charge is 0.265 e. The molecule has 25 heavy (non-hydrogen) atoms. The van der Waals surface area contributed by atoms with Crippen LogP contribution in [0.25, 0.3) is 0 Å². The predicted molar refractivity (Wildman–Crippen MR) is 101 cm³/mol. The molecule has 2 aromatic carbocycles. The van der Waals surface area contributed by atoms with Crippen LogP contribution in [0.5, 0.6) is 11.5 Å². The van der Waals surface area contributed by atoms with E-state index in [9.17, 15) is 4.79 Å². The summed E-state index contributed by atoms with van der Waals surface area (Å²) in [7, 11) is 1.60. The van der Waals surface area contributed by atoms with Gasteiger partial charge in [0.15, 0.2) is 0 Å². The summed E-state index contributed by atoms with van der Waals surface area (Å²) in [6, 6.07) is 16.2. The third kappa shape index (κ3) is 4.75. The first-order chi connectivity index (χ1) is 12.1. The largest absolute Gasteiger partial charge is 0.497 e. The van der Waals surface area contributed by atoms with E-state index in [-0.39, 0.29) is 5.91 Å². The highest BCUT2D eigenvalue weighted by Gasteiger charge is 2.10. The number of ether oxygens (including phenoxy) is 2. The molecule has 0 bridgehead atoms. The summed E-state index contributed by atoms with van der Waals surface area (Å²) in [6.07, 6.45) is 0. The lowest BCUT2D eigenvalue weighted by atomic mass is 10.3. The molecular weight excluding hydrogens is 358 g/mol. The first kappa shape index (κ1) is 17.3. The molecule has 3 aromatic rings. The van der Waals surface area contributed by atoms with E-state index in [0.717, 1.165) is 22.7 Å². The number of benzene rings is 2. The Kier molecular flexibility index (Phi) is 5.58. The average Bonchev–Trinajstić information content (AvgIpc) is 3.11. The van der Waals surface area contributed by atoms with E-state index in [1.807, 2.05) is 23.6 Å². The molecule has 1 aromatic heterocycles.